The SMILES string of the molecule is CO[C@@H]1O[C@H]([C@@H]2SCC(=O)N2C[C@H]2O[C@@H](OC)[C@H](O)[C@@H]2O)[C@@H](O)[C@H]1O. The molecule has 0 bridgehead atoms. The van der Waals surface area contributed by atoms with Crippen LogP contribution in [-0.4, -0.2) is 112 Å². The van der Waals surface area contributed by atoms with Crippen LogP contribution in [0.4, 0.5) is 0 Å². The van der Waals surface area contributed by atoms with Crippen LogP contribution in [-0.2, 0) is 23.7 Å². The first-order chi connectivity index (χ1) is 11.9. The molecular formula is C14H23NO9S. The lowest BCUT2D eigenvalue weighted by molar-refractivity contribution is -0.162. The number of rotatable bonds is 5. The maximum absolute atomic E-state index is 12.3. The summed E-state index contributed by atoms with van der Waals surface area (Å²) in [6, 6.07) is 0. The van der Waals surface area contributed by atoms with Crippen molar-refractivity contribution in [3.05, 3.63) is 0 Å². The van der Waals surface area contributed by atoms with Gasteiger partial charge in [-0.25, -0.2) is 0 Å². The number of aliphatic hydroxyl groups excluding tert-OH is 4. The lowest BCUT2D eigenvalue weighted by Crippen LogP contribution is -2.50. The van der Waals surface area contributed by atoms with Gasteiger partial charge in [-0.3, -0.25) is 4.79 Å². The molecule has 0 aromatic heterocycles. The maximum Gasteiger partial charge on any atom is 0.233 e. The predicted molar refractivity (Wildman–Crippen MR) is 83.3 cm³/mol. The second-order valence-electron chi connectivity index (χ2n) is 6.19. The van der Waals surface area contributed by atoms with Crippen molar-refractivity contribution in [1.82, 2.24) is 4.90 Å². The van der Waals surface area contributed by atoms with Crippen molar-refractivity contribution in [2.24, 2.45) is 0 Å². The average molecular weight is 381 g/mol. The third-order valence-corrected chi connectivity index (χ3v) is 5.98. The summed E-state index contributed by atoms with van der Waals surface area (Å²) in [6.07, 6.45) is -8.51. The molecule has 0 aromatic carbocycles. The molecule has 0 aliphatic carbocycles. The number of ether oxygens (including phenoxy) is 4. The summed E-state index contributed by atoms with van der Waals surface area (Å²) in [4.78, 5) is 13.7. The van der Waals surface area contributed by atoms with E-state index in [4.69, 9.17) is 18.9 Å². The van der Waals surface area contributed by atoms with Gasteiger partial charge in [0.25, 0.3) is 0 Å². The first kappa shape index (κ1) is 19.3. The Kier molecular flexibility index (Phi) is 5.88. The summed E-state index contributed by atoms with van der Waals surface area (Å²) in [5.41, 5.74) is 0. The highest BCUT2D eigenvalue weighted by molar-refractivity contribution is 8.01. The van der Waals surface area contributed by atoms with Gasteiger partial charge in [-0.2, -0.15) is 0 Å². The van der Waals surface area contributed by atoms with Crippen LogP contribution in [0.15, 0.2) is 0 Å². The number of aliphatic hydroxyl groups is 4. The Morgan fingerprint density at radius 1 is 1.04 bits per heavy atom. The highest BCUT2D eigenvalue weighted by Gasteiger charge is 2.52. The van der Waals surface area contributed by atoms with Crippen molar-refractivity contribution >= 4 is 17.7 Å². The number of carbonyl (C=O) groups is 1. The van der Waals surface area contributed by atoms with Crippen LogP contribution in [0.5, 0.6) is 0 Å². The van der Waals surface area contributed by atoms with Gasteiger partial charge >= 0.3 is 0 Å². The second-order valence-corrected chi connectivity index (χ2v) is 7.30. The summed E-state index contributed by atoms with van der Waals surface area (Å²) >= 11 is 1.26. The Morgan fingerprint density at radius 3 is 2.20 bits per heavy atom. The van der Waals surface area contributed by atoms with Crippen LogP contribution < -0.4 is 0 Å². The summed E-state index contributed by atoms with van der Waals surface area (Å²) < 4.78 is 20.9. The van der Waals surface area contributed by atoms with E-state index in [1.54, 1.807) is 0 Å². The molecule has 0 saturated carbocycles. The van der Waals surface area contributed by atoms with Crippen molar-refractivity contribution in [2.75, 3.05) is 26.5 Å². The summed E-state index contributed by atoms with van der Waals surface area (Å²) in [5.74, 6) is -0.0448. The van der Waals surface area contributed by atoms with E-state index in [0.717, 1.165) is 0 Å². The zero-order valence-corrected chi connectivity index (χ0v) is 14.6. The van der Waals surface area contributed by atoms with E-state index in [1.807, 2.05) is 0 Å². The van der Waals surface area contributed by atoms with Crippen LogP contribution in [0.2, 0.25) is 0 Å². The first-order valence-corrected chi connectivity index (χ1v) is 8.93. The molecule has 0 unspecified atom stereocenters. The zero-order valence-electron chi connectivity index (χ0n) is 13.8. The second kappa shape index (κ2) is 7.62. The number of hydrogen-bond donors (Lipinski definition) is 4. The van der Waals surface area contributed by atoms with Crippen LogP contribution in [0.25, 0.3) is 0 Å². The van der Waals surface area contributed by atoms with E-state index < -0.39 is 54.6 Å². The van der Waals surface area contributed by atoms with Crippen molar-refractivity contribution in [1.29, 1.82) is 0 Å². The lowest BCUT2D eigenvalue weighted by Gasteiger charge is -2.31. The van der Waals surface area contributed by atoms with Crippen LogP contribution in [0.1, 0.15) is 0 Å². The quantitative estimate of drug-likeness (QED) is 0.392. The number of thioether (sulfide) groups is 1. The van der Waals surface area contributed by atoms with Gasteiger partial charge in [-0.15, -0.1) is 11.8 Å². The Hall–Kier alpha value is -0.500. The summed E-state index contributed by atoms with van der Waals surface area (Å²) in [7, 11) is 2.69. The highest BCUT2D eigenvalue weighted by atomic mass is 32.2. The van der Waals surface area contributed by atoms with Crippen molar-refractivity contribution in [2.45, 2.75) is 54.6 Å². The molecule has 3 aliphatic heterocycles. The molecule has 3 saturated heterocycles. The van der Waals surface area contributed by atoms with Gasteiger partial charge in [-0.05, 0) is 0 Å². The molecule has 144 valence electrons. The normalized spacial score (nSPS) is 47.8. The van der Waals surface area contributed by atoms with E-state index >= 15 is 0 Å². The average Bonchev–Trinajstić information content (AvgIpc) is 3.19. The smallest absolute Gasteiger partial charge is 0.233 e. The maximum atomic E-state index is 12.3. The molecule has 9 atom stereocenters. The minimum absolute atomic E-state index is 0.00505. The molecule has 10 nitrogen and oxygen atoms in total. The fourth-order valence-corrected chi connectivity index (χ4v) is 4.58. The predicted octanol–water partition coefficient (Wildman–Crippen LogP) is -2.93. The molecule has 3 heterocycles. The standard InChI is InChI=1S/C14H23NO9S/c1-21-13-9(19)7(17)5(23-13)3-15-6(16)4-25-12(15)11-8(18)10(20)14(22-2)24-11/h5,7-14,17-20H,3-4H2,1-2H3/t5-,7-,8+,9-,10-,11+,12+,13-,14-/m1/s1. The van der Waals surface area contributed by atoms with E-state index in [1.165, 1.54) is 30.9 Å². The van der Waals surface area contributed by atoms with Gasteiger partial charge in [-0.1, -0.05) is 0 Å². The highest BCUT2D eigenvalue weighted by Crippen LogP contribution is 2.37. The summed E-state index contributed by atoms with van der Waals surface area (Å²) in [5, 5.41) is 39.5. The van der Waals surface area contributed by atoms with Crippen LogP contribution >= 0.6 is 11.8 Å². The van der Waals surface area contributed by atoms with Gasteiger partial charge in [0, 0.05) is 14.2 Å². The molecule has 3 fully saturated rings. The lowest BCUT2D eigenvalue weighted by atomic mass is 10.1. The van der Waals surface area contributed by atoms with Crippen LogP contribution in [0, 0.1) is 0 Å². The Balaban J connectivity index is 1.71. The van der Waals surface area contributed by atoms with E-state index in [9.17, 15) is 25.2 Å². The first-order valence-electron chi connectivity index (χ1n) is 7.89. The third kappa shape index (κ3) is 3.40. The summed E-state index contributed by atoms with van der Waals surface area (Å²) in [6.45, 7) is -0.00505. The molecular weight excluding hydrogens is 358 g/mol. The molecule has 0 radical (unpaired) electrons. The van der Waals surface area contributed by atoms with Gasteiger partial charge in [0.2, 0.25) is 5.91 Å². The number of carbonyl (C=O) groups excluding carboxylic acids is 1. The topological polar surface area (TPSA) is 138 Å². The molecule has 25 heavy (non-hydrogen) atoms. The monoisotopic (exact) mass is 381 g/mol. The molecule has 0 aromatic rings. The zero-order chi connectivity index (χ0) is 18.3. The van der Waals surface area contributed by atoms with E-state index in [-0.39, 0.29) is 18.2 Å². The largest absolute Gasteiger partial charge is 0.387 e. The van der Waals surface area contributed by atoms with Gasteiger partial charge in [0.15, 0.2) is 12.6 Å². The van der Waals surface area contributed by atoms with Crippen molar-refractivity contribution < 1.29 is 44.2 Å². The molecule has 3 aliphatic rings. The number of nitrogens with zero attached hydrogens (tertiary/aromatic N) is 1. The Bertz CT molecular complexity index is 497. The Morgan fingerprint density at radius 2 is 1.64 bits per heavy atom. The Labute approximate surface area is 148 Å². The van der Waals surface area contributed by atoms with Crippen molar-refractivity contribution in [3.63, 3.8) is 0 Å². The fraction of sp³-hybridized carbons (Fsp3) is 0.929. The van der Waals surface area contributed by atoms with Gasteiger partial charge in [0.1, 0.15) is 42.0 Å². The third-order valence-electron chi connectivity index (χ3n) is 4.70. The molecule has 3 rings (SSSR count). The van der Waals surface area contributed by atoms with Crippen LogP contribution in [0.3, 0.4) is 0 Å². The van der Waals surface area contributed by atoms with E-state index in [0.29, 0.717) is 0 Å². The van der Waals surface area contributed by atoms with Gasteiger partial charge < -0.3 is 44.3 Å². The molecule has 1 amide bonds. The molecule has 4 N–H and O–H groups in total. The van der Waals surface area contributed by atoms with E-state index in [2.05, 4.69) is 0 Å². The van der Waals surface area contributed by atoms with Gasteiger partial charge in [0.05, 0.1) is 12.3 Å². The number of methoxy groups -OCH3 is 2. The number of hydrogen-bond acceptors (Lipinski definition) is 10. The minimum Gasteiger partial charge on any atom is -0.387 e. The fourth-order valence-electron chi connectivity index (χ4n) is 3.31. The minimum atomic E-state index is -1.22. The molecule has 11 heteroatoms. The number of amides is 1. The molecule has 0 spiro atoms. The van der Waals surface area contributed by atoms with Crippen molar-refractivity contribution in [3.8, 4) is 0 Å².